The molecule has 0 bridgehead atoms. The van der Waals surface area contributed by atoms with Gasteiger partial charge in [-0.15, -0.1) is 0 Å². The predicted octanol–water partition coefficient (Wildman–Crippen LogP) is 2.73. The second-order valence-electron chi connectivity index (χ2n) is 3.38. The number of nitrogens with one attached hydrogen (secondary N) is 1. The summed E-state index contributed by atoms with van der Waals surface area (Å²) in [6.07, 6.45) is 4.18. The van der Waals surface area contributed by atoms with Crippen molar-refractivity contribution >= 4 is 17.0 Å². The van der Waals surface area contributed by atoms with Crippen LogP contribution in [0, 0.1) is 0 Å². The lowest BCUT2D eigenvalue weighted by molar-refractivity contribution is 0.0247. The van der Waals surface area contributed by atoms with E-state index in [1.807, 2.05) is 0 Å². The first-order chi connectivity index (χ1) is 6.45. The molecule has 0 spiro atoms. The Kier molecular flexibility index (Phi) is 3.22. The van der Waals surface area contributed by atoms with Crippen LogP contribution in [0.3, 0.4) is 0 Å². The van der Waals surface area contributed by atoms with Crippen LogP contribution in [0.2, 0.25) is 0 Å². The molecule has 72 valence electrons. The molecule has 1 aromatic heterocycles. The molecule has 1 fully saturated rings. The first-order valence-corrected chi connectivity index (χ1v) is 5.77. The molecule has 1 aliphatic heterocycles. The van der Waals surface area contributed by atoms with Gasteiger partial charge in [0.1, 0.15) is 0 Å². The Labute approximate surface area is 82.9 Å². The summed E-state index contributed by atoms with van der Waals surface area (Å²) >= 11 is 1.72. The number of anilines is 1. The summed E-state index contributed by atoms with van der Waals surface area (Å²) in [6.45, 7) is 1.90. The van der Waals surface area contributed by atoms with Gasteiger partial charge in [-0.1, -0.05) is 0 Å². The Morgan fingerprint density at radius 2 is 2.54 bits per heavy atom. The largest absolute Gasteiger partial charge is 0.382 e. The van der Waals surface area contributed by atoms with Gasteiger partial charge in [-0.25, -0.2) is 0 Å². The van der Waals surface area contributed by atoms with E-state index in [1.165, 1.54) is 24.9 Å². The maximum Gasteiger partial charge on any atom is 0.0747 e. The molecule has 0 aliphatic carbocycles. The van der Waals surface area contributed by atoms with Crippen molar-refractivity contribution in [1.82, 2.24) is 0 Å². The van der Waals surface area contributed by atoms with E-state index in [2.05, 4.69) is 22.1 Å². The Hall–Kier alpha value is -0.540. The fraction of sp³-hybridized carbons (Fsp3) is 0.600. The van der Waals surface area contributed by atoms with Gasteiger partial charge >= 0.3 is 0 Å². The van der Waals surface area contributed by atoms with E-state index in [0.29, 0.717) is 6.10 Å². The average Bonchev–Trinajstić information content (AvgIpc) is 2.69. The molecule has 1 N–H and O–H groups in total. The SMILES string of the molecule is c1cc(NCC2CCCCO2)cs1. The molecule has 1 unspecified atom stereocenters. The zero-order valence-corrected chi connectivity index (χ0v) is 8.48. The summed E-state index contributed by atoms with van der Waals surface area (Å²) in [5.41, 5.74) is 1.22. The first kappa shape index (κ1) is 9.03. The van der Waals surface area contributed by atoms with Gasteiger partial charge in [-0.3, -0.25) is 0 Å². The second kappa shape index (κ2) is 4.63. The van der Waals surface area contributed by atoms with Crippen LogP contribution in [-0.2, 0) is 4.74 Å². The first-order valence-electron chi connectivity index (χ1n) is 4.83. The number of thiophene rings is 1. The van der Waals surface area contributed by atoms with Gasteiger partial charge in [0.2, 0.25) is 0 Å². The highest BCUT2D eigenvalue weighted by Gasteiger charge is 2.12. The summed E-state index contributed by atoms with van der Waals surface area (Å²) in [6, 6.07) is 2.10. The molecule has 2 heterocycles. The van der Waals surface area contributed by atoms with Gasteiger partial charge in [0, 0.05) is 24.2 Å². The molecule has 13 heavy (non-hydrogen) atoms. The van der Waals surface area contributed by atoms with E-state index in [-0.39, 0.29) is 0 Å². The summed E-state index contributed by atoms with van der Waals surface area (Å²) in [4.78, 5) is 0. The number of ether oxygens (including phenoxy) is 1. The molecule has 1 atom stereocenters. The van der Waals surface area contributed by atoms with Crippen LogP contribution in [0.1, 0.15) is 19.3 Å². The van der Waals surface area contributed by atoms with E-state index in [0.717, 1.165) is 13.2 Å². The molecule has 2 nitrogen and oxygen atoms in total. The molecular weight excluding hydrogens is 182 g/mol. The van der Waals surface area contributed by atoms with E-state index < -0.39 is 0 Å². The Bertz CT molecular complexity index is 229. The molecule has 2 rings (SSSR count). The van der Waals surface area contributed by atoms with Crippen molar-refractivity contribution in [2.24, 2.45) is 0 Å². The van der Waals surface area contributed by atoms with Gasteiger partial charge in [0.15, 0.2) is 0 Å². The van der Waals surface area contributed by atoms with E-state index in [4.69, 9.17) is 4.74 Å². The highest BCUT2D eigenvalue weighted by atomic mass is 32.1. The molecule has 1 aromatic rings. The maximum atomic E-state index is 5.62. The minimum Gasteiger partial charge on any atom is -0.382 e. The lowest BCUT2D eigenvalue weighted by Crippen LogP contribution is -2.26. The molecule has 1 saturated heterocycles. The van der Waals surface area contributed by atoms with Crippen LogP contribution < -0.4 is 5.32 Å². The lowest BCUT2D eigenvalue weighted by atomic mass is 10.1. The molecule has 0 radical (unpaired) electrons. The predicted molar refractivity (Wildman–Crippen MR) is 56.4 cm³/mol. The summed E-state index contributed by atoms with van der Waals surface area (Å²) in [5, 5.41) is 7.59. The standard InChI is InChI=1S/C10H15NOS/c1-2-5-12-10(3-1)7-11-9-4-6-13-8-9/h4,6,8,10-11H,1-3,5,7H2. The Balaban J connectivity index is 1.72. The maximum absolute atomic E-state index is 5.62. The number of rotatable bonds is 3. The van der Waals surface area contributed by atoms with Crippen molar-refractivity contribution in [1.29, 1.82) is 0 Å². The fourth-order valence-electron chi connectivity index (χ4n) is 1.57. The van der Waals surface area contributed by atoms with Crippen LogP contribution in [0.5, 0.6) is 0 Å². The number of hydrogen-bond donors (Lipinski definition) is 1. The minimum atomic E-state index is 0.425. The lowest BCUT2D eigenvalue weighted by Gasteiger charge is -2.22. The topological polar surface area (TPSA) is 21.3 Å². The van der Waals surface area contributed by atoms with Gasteiger partial charge in [-0.05, 0) is 30.7 Å². The monoisotopic (exact) mass is 197 g/mol. The van der Waals surface area contributed by atoms with E-state index in [9.17, 15) is 0 Å². The molecule has 0 amide bonds. The molecule has 0 saturated carbocycles. The average molecular weight is 197 g/mol. The van der Waals surface area contributed by atoms with E-state index in [1.54, 1.807) is 11.3 Å². The Morgan fingerprint density at radius 3 is 3.23 bits per heavy atom. The summed E-state index contributed by atoms with van der Waals surface area (Å²) in [7, 11) is 0. The third kappa shape index (κ3) is 2.71. The zero-order chi connectivity index (χ0) is 8.93. The van der Waals surface area contributed by atoms with Crippen molar-refractivity contribution in [3.05, 3.63) is 16.8 Å². The van der Waals surface area contributed by atoms with Gasteiger partial charge in [0.05, 0.1) is 6.10 Å². The molecular formula is C10H15NOS. The van der Waals surface area contributed by atoms with Crippen molar-refractivity contribution in [3.8, 4) is 0 Å². The van der Waals surface area contributed by atoms with Gasteiger partial charge < -0.3 is 10.1 Å². The van der Waals surface area contributed by atoms with Crippen LogP contribution in [0.15, 0.2) is 16.8 Å². The Morgan fingerprint density at radius 1 is 1.54 bits per heavy atom. The third-order valence-electron chi connectivity index (χ3n) is 2.33. The second-order valence-corrected chi connectivity index (χ2v) is 4.16. The van der Waals surface area contributed by atoms with Crippen LogP contribution in [0.25, 0.3) is 0 Å². The van der Waals surface area contributed by atoms with Crippen LogP contribution >= 0.6 is 11.3 Å². The van der Waals surface area contributed by atoms with Gasteiger partial charge in [0.25, 0.3) is 0 Å². The normalized spacial score (nSPS) is 22.9. The van der Waals surface area contributed by atoms with E-state index >= 15 is 0 Å². The van der Waals surface area contributed by atoms with Crippen LogP contribution in [-0.4, -0.2) is 19.3 Å². The third-order valence-corrected chi connectivity index (χ3v) is 3.01. The molecule has 3 heteroatoms. The minimum absolute atomic E-state index is 0.425. The molecule has 0 aromatic carbocycles. The quantitative estimate of drug-likeness (QED) is 0.804. The summed E-state index contributed by atoms with van der Waals surface area (Å²) < 4.78 is 5.62. The smallest absolute Gasteiger partial charge is 0.0747 e. The highest BCUT2D eigenvalue weighted by molar-refractivity contribution is 7.08. The van der Waals surface area contributed by atoms with Crippen LogP contribution in [0.4, 0.5) is 5.69 Å². The van der Waals surface area contributed by atoms with Crippen molar-refractivity contribution in [3.63, 3.8) is 0 Å². The number of hydrogen-bond acceptors (Lipinski definition) is 3. The summed E-state index contributed by atoms with van der Waals surface area (Å²) in [5.74, 6) is 0. The van der Waals surface area contributed by atoms with Crippen molar-refractivity contribution in [2.75, 3.05) is 18.5 Å². The van der Waals surface area contributed by atoms with Gasteiger partial charge in [-0.2, -0.15) is 11.3 Å². The van der Waals surface area contributed by atoms with Crippen molar-refractivity contribution in [2.45, 2.75) is 25.4 Å². The highest BCUT2D eigenvalue weighted by Crippen LogP contribution is 2.15. The van der Waals surface area contributed by atoms with Crippen molar-refractivity contribution < 1.29 is 4.74 Å². The zero-order valence-electron chi connectivity index (χ0n) is 7.66. The fourth-order valence-corrected chi connectivity index (χ4v) is 2.18. The molecule has 1 aliphatic rings.